The van der Waals surface area contributed by atoms with Gasteiger partial charge >= 0.3 is 0 Å². The third-order valence-corrected chi connectivity index (χ3v) is 3.79. The average Bonchev–Trinajstić information content (AvgIpc) is 2.98. The van der Waals surface area contributed by atoms with Crippen LogP contribution in [0.4, 0.5) is 17.5 Å². The van der Waals surface area contributed by atoms with Crippen LogP contribution in [0.3, 0.4) is 0 Å². The summed E-state index contributed by atoms with van der Waals surface area (Å²) in [4.78, 5) is 11.3. The van der Waals surface area contributed by atoms with Crippen molar-refractivity contribution in [2.45, 2.75) is 26.7 Å². The molecule has 0 bridgehead atoms. The number of nitrogens with zero attached hydrogens (tertiary/aromatic N) is 3. The van der Waals surface area contributed by atoms with E-state index in [2.05, 4.69) is 52.2 Å². The van der Waals surface area contributed by atoms with Crippen molar-refractivity contribution >= 4 is 17.5 Å². The molecule has 0 amide bonds. The molecule has 1 N–H and O–H groups in total. The van der Waals surface area contributed by atoms with Gasteiger partial charge in [0.15, 0.2) is 0 Å². The molecule has 1 fully saturated rings. The van der Waals surface area contributed by atoms with Crippen molar-refractivity contribution in [3.8, 4) is 0 Å². The summed E-state index contributed by atoms with van der Waals surface area (Å²) in [5.41, 5.74) is 3.52. The number of hydrogen-bond acceptors (Lipinski definition) is 4. The van der Waals surface area contributed by atoms with Crippen LogP contribution in [-0.2, 0) is 0 Å². The van der Waals surface area contributed by atoms with Crippen LogP contribution >= 0.6 is 0 Å². The molecular formula is C16H20N4. The van der Waals surface area contributed by atoms with Crippen LogP contribution in [0.5, 0.6) is 0 Å². The molecule has 0 unspecified atom stereocenters. The summed E-state index contributed by atoms with van der Waals surface area (Å²) in [6.07, 6.45) is 4.34. The lowest BCUT2D eigenvalue weighted by Gasteiger charge is -2.17. The number of para-hydroxylation sites is 1. The molecule has 0 aliphatic carbocycles. The van der Waals surface area contributed by atoms with Gasteiger partial charge in [0.05, 0.1) is 0 Å². The second kappa shape index (κ2) is 5.49. The maximum Gasteiger partial charge on any atom is 0.229 e. The van der Waals surface area contributed by atoms with Crippen molar-refractivity contribution in [3.05, 3.63) is 41.6 Å². The van der Waals surface area contributed by atoms with Gasteiger partial charge in [-0.1, -0.05) is 18.2 Å². The molecule has 20 heavy (non-hydrogen) atoms. The van der Waals surface area contributed by atoms with Crippen molar-refractivity contribution in [2.24, 2.45) is 0 Å². The highest BCUT2D eigenvalue weighted by atomic mass is 15.2. The minimum absolute atomic E-state index is 0.673. The van der Waals surface area contributed by atoms with Crippen molar-refractivity contribution in [3.63, 3.8) is 0 Å². The lowest BCUT2D eigenvalue weighted by atomic mass is 10.1. The van der Waals surface area contributed by atoms with E-state index in [1.165, 1.54) is 24.0 Å². The first-order valence-electron chi connectivity index (χ1n) is 7.15. The lowest BCUT2D eigenvalue weighted by molar-refractivity contribution is 0.929. The first kappa shape index (κ1) is 12.9. The van der Waals surface area contributed by atoms with Crippen LogP contribution in [0.1, 0.15) is 24.0 Å². The molecule has 4 heteroatoms. The number of aromatic nitrogens is 2. The molecule has 1 aliphatic rings. The van der Waals surface area contributed by atoms with Gasteiger partial charge in [0.25, 0.3) is 0 Å². The van der Waals surface area contributed by atoms with Gasteiger partial charge in [-0.2, -0.15) is 4.98 Å². The largest absolute Gasteiger partial charge is 0.356 e. The minimum atomic E-state index is 0.673. The molecule has 2 aromatic rings. The minimum Gasteiger partial charge on any atom is -0.356 e. The van der Waals surface area contributed by atoms with Crippen LogP contribution < -0.4 is 10.2 Å². The fourth-order valence-corrected chi connectivity index (χ4v) is 2.66. The van der Waals surface area contributed by atoms with Crippen molar-refractivity contribution in [2.75, 3.05) is 23.3 Å². The molecule has 104 valence electrons. The fraction of sp³-hybridized carbons (Fsp3) is 0.375. The number of nitrogens with one attached hydrogen (secondary N) is 1. The standard InChI is InChI=1S/C16H20N4/c1-12-6-5-7-13(2)15(12)19-16-17-9-8-14(18-16)20-10-3-4-11-20/h5-9H,3-4,10-11H2,1-2H3,(H,17,18,19). The Hall–Kier alpha value is -2.10. The Bertz CT molecular complexity index is 583. The van der Waals surface area contributed by atoms with Crippen LogP contribution in [0.15, 0.2) is 30.5 Å². The molecule has 1 aromatic carbocycles. The first-order valence-corrected chi connectivity index (χ1v) is 7.15. The van der Waals surface area contributed by atoms with Crippen molar-refractivity contribution < 1.29 is 0 Å². The number of benzene rings is 1. The van der Waals surface area contributed by atoms with Gasteiger partial charge in [-0.15, -0.1) is 0 Å². The maximum absolute atomic E-state index is 4.64. The van der Waals surface area contributed by atoms with E-state index in [4.69, 9.17) is 0 Å². The molecular weight excluding hydrogens is 248 g/mol. The molecule has 0 spiro atoms. The van der Waals surface area contributed by atoms with E-state index in [1.54, 1.807) is 0 Å². The summed E-state index contributed by atoms with van der Waals surface area (Å²) in [7, 11) is 0. The molecule has 3 rings (SSSR count). The Kier molecular flexibility index (Phi) is 3.54. The summed E-state index contributed by atoms with van der Waals surface area (Å²) in [5, 5.41) is 3.36. The van der Waals surface area contributed by atoms with E-state index in [0.29, 0.717) is 5.95 Å². The van der Waals surface area contributed by atoms with Crippen molar-refractivity contribution in [1.82, 2.24) is 9.97 Å². The topological polar surface area (TPSA) is 41.1 Å². The first-order chi connectivity index (χ1) is 9.74. The Morgan fingerprint density at radius 1 is 1.05 bits per heavy atom. The molecule has 2 heterocycles. The molecule has 0 saturated carbocycles. The second-order valence-corrected chi connectivity index (χ2v) is 5.32. The Morgan fingerprint density at radius 2 is 1.75 bits per heavy atom. The Balaban J connectivity index is 1.85. The van der Waals surface area contributed by atoms with Crippen LogP contribution in [0.25, 0.3) is 0 Å². The summed E-state index contributed by atoms with van der Waals surface area (Å²) >= 11 is 0. The molecule has 1 aliphatic heterocycles. The number of rotatable bonds is 3. The third kappa shape index (κ3) is 2.59. The normalized spacial score (nSPS) is 14.6. The summed E-state index contributed by atoms with van der Waals surface area (Å²) in [6, 6.07) is 8.25. The van der Waals surface area contributed by atoms with E-state index in [1.807, 2.05) is 12.3 Å². The fourth-order valence-electron chi connectivity index (χ4n) is 2.66. The zero-order valence-electron chi connectivity index (χ0n) is 12.1. The van der Waals surface area contributed by atoms with Gasteiger partial charge in [0.2, 0.25) is 5.95 Å². The van der Waals surface area contributed by atoms with Gasteiger partial charge in [0, 0.05) is 25.0 Å². The highest BCUT2D eigenvalue weighted by Gasteiger charge is 2.14. The van der Waals surface area contributed by atoms with Gasteiger partial charge in [-0.05, 0) is 43.9 Å². The molecule has 1 saturated heterocycles. The molecule has 1 aromatic heterocycles. The maximum atomic E-state index is 4.64. The lowest BCUT2D eigenvalue weighted by Crippen LogP contribution is -2.19. The summed E-state index contributed by atoms with van der Waals surface area (Å²) < 4.78 is 0. The van der Waals surface area contributed by atoms with Crippen molar-refractivity contribution in [1.29, 1.82) is 0 Å². The van der Waals surface area contributed by atoms with E-state index in [0.717, 1.165) is 24.6 Å². The zero-order chi connectivity index (χ0) is 13.9. The van der Waals surface area contributed by atoms with Gasteiger partial charge in [-0.3, -0.25) is 0 Å². The predicted molar refractivity (Wildman–Crippen MR) is 82.7 cm³/mol. The highest BCUT2D eigenvalue weighted by Crippen LogP contribution is 2.24. The number of hydrogen-bond donors (Lipinski definition) is 1. The summed E-state index contributed by atoms with van der Waals surface area (Å²) in [5.74, 6) is 1.69. The summed E-state index contributed by atoms with van der Waals surface area (Å²) in [6.45, 7) is 6.39. The third-order valence-electron chi connectivity index (χ3n) is 3.79. The Morgan fingerprint density at radius 3 is 2.45 bits per heavy atom. The van der Waals surface area contributed by atoms with E-state index < -0.39 is 0 Å². The van der Waals surface area contributed by atoms with Gasteiger partial charge in [0.1, 0.15) is 5.82 Å². The van der Waals surface area contributed by atoms with E-state index >= 15 is 0 Å². The number of anilines is 3. The van der Waals surface area contributed by atoms with Crippen LogP contribution in [-0.4, -0.2) is 23.1 Å². The molecule has 0 atom stereocenters. The number of aryl methyl sites for hydroxylation is 2. The SMILES string of the molecule is Cc1cccc(C)c1Nc1nccc(N2CCCC2)n1. The second-order valence-electron chi connectivity index (χ2n) is 5.32. The van der Waals surface area contributed by atoms with Crippen LogP contribution in [0, 0.1) is 13.8 Å². The predicted octanol–water partition coefficient (Wildman–Crippen LogP) is 3.44. The monoisotopic (exact) mass is 268 g/mol. The Labute approximate surface area is 119 Å². The zero-order valence-corrected chi connectivity index (χ0v) is 12.1. The quantitative estimate of drug-likeness (QED) is 0.926. The van der Waals surface area contributed by atoms with Gasteiger partial charge in [-0.25, -0.2) is 4.98 Å². The van der Waals surface area contributed by atoms with Gasteiger partial charge < -0.3 is 10.2 Å². The van der Waals surface area contributed by atoms with Crippen LogP contribution in [0.2, 0.25) is 0 Å². The smallest absolute Gasteiger partial charge is 0.229 e. The average molecular weight is 268 g/mol. The molecule has 0 radical (unpaired) electrons. The molecule has 4 nitrogen and oxygen atoms in total. The highest BCUT2D eigenvalue weighted by molar-refractivity contribution is 5.63. The van der Waals surface area contributed by atoms with E-state index in [-0.39, 0.29) is 0 Å². The van der Waals surface area contributed by atoms with E-state index in [9.17, 15) is 0 Å².